The second-order valence-electron chi connectivity index (χ2n) is 6.42. The molecule has 1 aliphatic carbocycles. The lowest BCUT2D eigenvalue weighted by Gasteiger charge is -2.31. The molecule has 1 aliphatic rings. The molecule has 0 spiro atoms. The van der Waals surface area contributed by atoms with Gasteiger partial charge >= 0.3 is 6.36 Å². The molecule has 1 aromatic rings. The van der Waals surface area contributed by atoms with Crippen LogP contribution in [-0.4, -0.2) is 6.36 Å². The van der Waals surface area contributed by atoms with Crippen LogP contribution in [-0.2, 0) is 6.42 Å². The molecular formula is C17H23F3O. The first-order valence-corrected chi connectivity index (χ1v) is 7.68. The van der Waals surface area contributed by atoms with Gasteiger partial charge < -0.3 is 4.74 Å². The molecule has 0 aromatic heterocycles. The van der Waals surface area contributed by atoms with E-state index in [4.69, 9.17) is 0 Å². The largest absolute Gasteiger partial charge is 0.573 e. The number of hydrogen-bond donors (Lipinski definition) is 0. The fourth-order valence-electron chi connectivity index (χ4n) is 3.22. The third-order valence-electron chi connectivity index (χ3n) is 4.52. The average molecular weight is 300 g/mol. The summed E-state index contributed by atoms with van der Waals surface area (Å²) < 4.78 is 40.2. The van der Waals surface area contributed by atoms with Crippen LogP contribution in [0.2, 0.25) is 0 Å². The summed E-state index contributed by atoms with van der Waals surface area (Å²) in [5, 5.41) is 0. The van der Waals surface area contributed by atoms with Crippen molar-refractivity contribution in [3.63, 3.8) is 0 Å². The zero-order valence-corrected chi connectivity index (χ0v) is 12.6. The highest BCUT2D eigenvalue weighted by Crippen LogP contribution is 2.35. The van der Waals surface area contributed by atoms with E-state index in [1.807, 2.05) is 0 Å². The van der Waals surface area contributed by atoms with Crippen LogP contribution in [0.4, 0.5) is 13.2 Å². The highest BCUT2D eigenvalue weighted by Gasteiger charge is 2.31. The Morgan fingerprint density at radius 3 is 2.10 bits per heavy atom. The minimum Gasteiger partial charge on any atom is -0.406 e. The minimum absolute atomic E-state index is 0.144. The van der Waals surface area contributed by atoms with Crippen molar-refractivity contribution < 1.29 is 17.9 Å². The van der Waals surface area contributed by atoms with Crippen molar-refractivity contribution in [2.75, 3.05) is 0 Å². The first-order chi connectivity index (χ1) is 9.83. The van der Waals surface area contributed by atoms with Gasteiger partial charge in [-0.3, -0.25) is 0 Å². The Bertz CT molecular complexity index is 428. The molecule has 0 heterocycles. The second kappa shape index (κ2) is 6.71. The summed E-state index contributed by atoms with van der Waals surface area (Å²) in [4.78, 5) is 0. The number of halogens is 3. The van der Waals surface area contributed by atoms with Crippen LogP contribution >= 0.6 is 0 Å². The molecule has 0 radical (unpaired) electrons. The fourth-order valence-corrected chi connectivity index (χ4v) is 3.22. The highest BCUT2D eigenvalue weighted by atomic mass is 19.4. The van der Waals surface area contributed by atoms with Crippen LogP contribution in [0, 0.1) is 17.8 Å². The van der Waals surface area contributed by atoms with Gasteiger partial charge in [0, 0.05) is 0 Å². The van der Waals surface area contributed by atoms with Crippen LogP contribution in [0.3, 0.4) is 0 Å². The Hall–Kier alpha value is -1.19. The van der Waals surface area contributed by atoms with Crippen molar-refractivity contribution in [2.24, 2.45) is 17.8 Å². The Labute approximate surface area is 124 Å². The van der Waals surface area contributed by atoms with E-state index in [9.17, 15) is 13.2 Å². The van der Waals surface area contributed by atoms with Gasteiger partial charge in [-0.05, 0) is 67.6 Å². The molecule has 4 heteroatoms. The summed E-state index contributed by atoms with van der Waals surface area (Å²) in [5.74, 6) is 2.11. The maximum atomic E-state index is 12.1. The summed E-state index contributed by atoms with van der Waals surface area (Å²) >= 11 is 0. The molecule has 0 saturated heterocycles. The molecule has 118 valence electrons. The lowest BCUT2D eigenvalue weighted by molar-refractivity contribution is -0.274. The maximum absolute atomic E-state index is 12.1. The van der Waals surface area contributed by atoms with Gasteiger partial charge in [-0.2, -0.15) is 0 Å². The van der Waals surface area contributed by atoms with E-state index in [1.54, 1.807) is 12.1 Å². The molecule has 1 aromatic carbocycles. The van der Waals surface area contributed by atoms with Gasteiger partial charge in [0.2, 0.25) is 0 Å². The molecule has 0 N–H and O–H groups in total. The third-order valence-corrected chi connectivity index (χ3v) is 4.52. The SMILES string of the molecule is CC(C)C1CCC(Cc2ccc(OC(F)(F)F)cc2)CC1. The van der Waals surface area contributed by atoms with Gasteiger partial charge in [-0.25, -0.2) is 0 Å². The van der Waals surface area contributed by atoms with E-state index in [2.05, 4.69) is 18.6 Å². The number of ether oxygens (including phenoxy) is 1. The zero-order chi connectivity index (χ0) is 15.5. The molecule has 0 bridgehead atoms. The van der Waals surface area contributed by atoms with Gasteiger partial charge in [0.05, 0.1) is 0 Å². The fraction of sp³-hybridized carbons (Fsp3) is 0.647. The normalized spacial score (nSPS) is 23.3. The summed E-state index contributed by atoms with van der Waals surface area (Å²) in [6, 6.07) is 6.30. The van der Waals surface area contributed by atoms with Crippen molar-refractivity contribution in [3.05, 3.63) is 29.8 Å². The lowest BCUT2D eigenvalue weighted by Crippen LogP contribution is -2.20. The second-order valence-corrected chi connectivity index (χ2v) is 6.42. The number of rotatable bonds is 4. The summed E-state index contributed by atoms with van der Waals surface area (Å²) in [6.45, 7) is 4.56. The third kappa shape index (κ3) is 5.25. The summed E-state index contributed by atoms with van der Waals surface area (Å²) in [7, 11) is 0. The minimum atomic E-state index is -4.61. The molecule has 0 unspecified atom stereocenters. The van der Waals surface area contributed by atoms with Crippen LogP contribution in [0.25, 0.3) is 0 Å². The van der Waals surface area contributed by atoms with Crippen molar-refractivity contribution >= 4 is 0 Å². The number of alkyl halides is 3. The Balaban J connectivity index is 1.84. The molecule has 0 aliphatic heterocycles. The van der Waals surface area contributed by atoms with E-state index in [0.717, 1.165) is 23.8 Å². The summed E-state index contributed by atoms with van der Waals surface area (Å²) in [5.41, 5.74) is 1.09. The van der Waals surface area contributed by atoms with Crippen LogP contribution in [0.5, 0.6) is 5.75 Å². The molecule has 1 saturated carbocycles. The topological polar surface area (TPSA) is 9.23 Å². The first kappa shape index (κ1) is 16.2. The first-order valence-electron chi connectivity index (χ1n) is 7.68. The monoisotopic (exact) mass is 300 g/mol. The van der Waals surface area contributed by atoms with Crippen molar-refractivity contribution in [2.45, 2.75) is 52.3 Å². The van der Waals surface area contributed by atoms with Crippen LogP contribution < -0.4 is 4.74 Å². The van der Waals surface area contributed by atoms with Crippen molar-refractivity contribution in [3.8, 4) is 5.75 Å². The summed E-state index contributed by atoms with van der Waals surface area (Å²) in [6.07, 6.45) is 1.34. The average Bonchev–Trinajstić information content (AvgIpc) is 2.40. The van der Waals surface area contributed by atoms with Gasteiger partial charge in [0.15, 0.2) is 0 Å². The maximum Gasteiger partial charge on any atom is 0.573 e. The number of hydrogen-bond acceptors (Lipinski definition) is 1. The van der Waals surface area contributed by atoms with Gasteiger partial charge in [-0.1, -0.05) is 26.0 Å². The molecule has 1 nitrogen and oxygen atoms in total. The molecular weight excluding hydrogens is 277 g/mol. The Morgan fingerprint density at radius 1 is 1.05 bits per heavy atom. The van der Waals surface area contributed by atoms with Crippen LogP contribution in [0.1, 0.15) is 45.1 Å². The highest BCUT2D eigenvalue weighted by molar-refractivity contribution is 5.27. The molecule has 0 amide bonds. The standard InChI is InChI=1S/C17H23F3O/c1-12(2)15-7-3-13(4-8-15)11-14-5-9-16(10-6-14)21-17(18,19)20/h5-6,9-10,12-13,15H,3-4,7-8,11H2,1-2H3. The Kier molecular flexibility index (Phi) is 5.17. The van der Waals surface area contributed by atoms with E-state index in [1.165, 1.54) is 37.8 Å². The smallest absolute Gasteiger partial charge is 0.406 e. The Morgan fingerprint density at radius 2 is 1.62 bits per heavy atom. The van der Waals surface area contributed by atoms with E-state index >= 15 is 0 Å². The van der Waals surface area contributed by atoms with Crippen LogP contribution in [0.15, 0.2) is 24.3 Å². The van der Waals surface area contributed by atoms with E-state index in [0.29, 0.717) is 5.92 Å². The zero-order valence-electron chi connectivity index (χ0n) is 12.6. The van der Waals surface area contributed by atoms with Gasteiger partial charge in [-0.15, -0.1) is 13.2 Å². The molecule has 2 rings (SSSR count). The van der Waals surface area contributed by atoms with E-state index in [-0.39, 0.29) is 5.75 Å². The van der Waals surface area contributed by atoms with Crippen molar-refractivity contribution in [1.29, 1.82) is 0 Å². The molecule has 21 heavy (non-hydrogen) atoms. The van der Waals surface area contributed by atoms with Gasteiger partial charge in [0.25, 0.3) is 0 Å². The van der Waals surface area contributed by atoms with E-state index < -0.39 is 6.36 Å². The molecule has 0 atom stereocenters. The van der Waals surface area contributed by atoms with Crippen molar-refractivity contribution in [1.82, 2.24) is 0 Å². The molecule has 1 fully saturated rings. The quantitative estimate of drug-likeness (QED) is 0.704. The number of benzene rings is 1. The predicted octanol–water partition coefficient (Wildman–Crippen LogP) is 5.59. The lowest BCUT2D eigenvalue weighted by atomic mass is 9.75. The van der Waals surface area contributed by atoms with Gasteiger partial charge in [0.1, 0.15) is 5.75 Å². The predicted molar refractivity (Wildman–Crippen MR) is 77.1 cm³/mol.